The molecule has 0 saturated heterocycles. The van der Waals surface area contributed by atoms with E-state index in [1.54, 1.807) is 0 Å². The first-order chi connectivity index (χ1) is 10.3. The van der Waals surface area contributed by atoms with Crippen molar-refractivity contribution < 1.29 is 9.53 Å². The molecule has 0 saturated carbocycles. The van der Waals surface area contributed by atoms with Crippen molar-refractivity contribution in [2.75, 3.05) is 6.61 Å². The van der Waals surface area contributed by atoms with E-state index in [0.29, 0.717) is 13.0 Å². The molecule has 0 spiro atoms. The molecule has 0 unspecified atom stereocenters. The molecule has 0 radical (unpaired) electrons. The highest BCUT2D eigenvalue weighted by molar-refractivity contribution is 5.70. The maximum absolute atomic E-state index is 11.6. The lowest BCUT2D eigenvalue weighted by molar-refractivity contribution is -0.143. The summed E-state index contributed by atoms with van der Waals surface area (Å²) < 4.78 is 5.16. The van der Waals surface area contributed by atoms with Crippen LogP contribution in [0.5, 0.6) is 0 Å². The molecule has 0 heterocycles. The van der Waals surface area contributed by atoms with Crippen molar-refractivity contribution in [3.8, 4) is 11.1 Å². The SMILES string of the molecule is CCCCOC(=O)CCc1ccc(-c2ccccc2)cc1. The molecule has 0 amide bonds. The summed E-state index contributed by atoms with van der Waals surface area (Å²) in [5.74, 6) is -0.101. The number of carbonyl (C=O) groups excluding carboxylic acids is 1. The minimum absolute atomic E-state index is 0.101. The van der Waals surface area contributed by atoms with Crippen LogP contribution in [0.15, 0.2) is 54.6 Å². The van der Waals surface area contributed by atoms with E-state index in [0.717, 1.165) is 19.3 Å². The Bertz CT molecular complexity index is 544. The van der Waals surface area contributed by atoms with Gasteiger partial charge in [0.25, 0.3) is 0 Å². The second kappa shape index (κ2) is 8.25. The summed E-state index contributed by atoms with van der Waals surface area (Å²) in [5, 5.41) is 0. The highest BCUT2D eigenvalue weighted by atomic mass is 16.5. The number of ether oxygens (including phenoxy) is 1. The third-order valence-electron chi connectivity index (χ3n) is 3.44. The highest BCUT2D eigenvalue weighted by Crippen LogP contribution is 2.19. The van der Waals surface area contributed by atoms with Crippen LogP contribution >= 0.6 is 0 Å². The van der Waals surface area contributed by atoms with Gasteiger partial charge < -0.3 is 4.74 Å². The molecule has 0 bridgehead atoms. The van der Waals surface area contributed by atoms with Gasteiger partial charge in [0.15, 0.2) is 0 Å². The quantitative estimate of drug-likeness (QED) is 0.546. The number of unbranched alkanes of at least 4 members (excludes halogenated alkanes) is 1. The van der Waals surface area contributed by atoms with Gasteiger partial charge >= 0.3 is 5.97 Å². The fraction of sp³-hybridized carbons (Fsp3) is 0.316. The molecule has 110 valence electrons. The molecule has 2 nitrogen and oxygen atoms in total. The minimum Gasteiger partial charge on any atom is -0.466 e. The smallest absolute Gasteiger partial charge is 0.306 e. The zero-order valence-corrected chi connectivity index (χ0v) is 12.5. The summed E-state index contributed by atoms with van der Waals surface area (Å²) in [5.41, 5.74) is 3.58. The molecule has 2 heteroatoms. The van der Waals surface area contributed by atoms with Crippen LogP contribution in [0.25, 0.3) is 11.1 Å². The number of carbonyl (C=O) groups is 1. The normalized spacial score (nSPS) is 10.3. The van der Waals surface area contributed by atoms with Gasteiger partial charge in [-0.1, -0.05) is 67.9 Å². The van der Waals surface area contributed by atoms with Crippen LogP contribution in [0.4, 0.5) is 0 Å². The Balaban J connectivity index is 1.84. The van der Waals surface area contributed by atoms with Gasteiger partial charge in [-0.2, -0.15) is 0 Å². The lowest BCUT2D eigenvalue weighted by atomic mass is 10.0. The number of hydrogen-bond acceptors (Lipinski definition) is 2. The van der Waals surface area contributed by atoms with E-state index in [1.165, 1.54) is 16.7 Å². The summed E-state index contributed by atoms with van der Waals surface area (Å²) in [6, 6.07) is 18.7. The number of aryl methyl sites for hydroxylation is 1. The summed E-state index contributed by atoms with van der Waals surface area (Å²) in [7, 11) is 0. The van der Waals surface area contributed by atoms with Gasteiger partial charge in [-0.05, 0) is 29.5 Å². The van der Waals surface area contributed by atoms with Gasteiger partial charge in [-0.25, -0.2) is 0 Å². The number of rotatable bonds is 7. The Hall–Kier alpha value is -2.09. The van der Waals surface area contributed by atoms with Crippen molar-refractivity contribution in [2.45, 2.75) is 32.6 Å². The minimum atomic E-state index is -0.101. The second-order valence-electron chi connectivity index (χ2n) is 5.14. The molecule has 0 aliphatic heterocycles. The number of esters is 1. The molecule has 0 N–H and O–H groups in total. The van der Waals surface area contributed by atoms with Crippen LogP contribution in [-0.2, 0) is 16.0 Å². The van der Waals surface area contributed by atoms with E-state index in [2.05, 4.69) is 43.3 Å². The molecule has 2 rings (SSSR count). The number of hydrogen-bond donors (Lipinski definition) is 0. The Morgan fingerprint density at radius 1 is 0.952 bits per heavy atom. The van der Waals surface area contributed by atoms with E-state index in [9.17, 15) is 4.79 Å². The topological polar surface area (TPSA) is 26.3 Å². The van der Waals surface area contributed by atoms with Crippen LogP contribution in [-0.4, -0.2) is 12.6 Å². The van der Waals surface area contributed by atoms with Crippen molar-refractivity contribution >= 4 is 5.97 Å². The van der Waals surface area contributed by atoms with Gasteiger partial charge in [0.1, 0.15) is 0 Å². The van der Waals surface area contributed by atoms with E-state index in [1.807, 2.05) is 18.2 Å². The fourth-order valence-corrected chi connectivity index (χ4v) is 2.14. The second-order valence-corrected chi connectivity index (χ2v) is 5.14. The lowest BCUT2D eigenvalue weighted by Gasteiger charge is -2.05. The third-order valence-corrected chi connectivity index (χ3v) is 3.44. The molecule has 2 aromatic carbocycles. The fourth-order valence-electron chi connectivity index (χ4n) is 2.14. The van der Waals surface area contributed by atoms with E-state index >= 15 is 0 Å². The zero-order valence-electron chi connectivity index (χ0n) is 12.5. The molecule has 0 fully saturated rings. The van der Waals surface area contributed by atoms with Crippen molar-refractivity contribution in [1.29, 1.82) is 0 Å². The first-order valence-electron chi connectivity index (χ1n) is 7.59. The van der Waals surface area contributed by atoms with Crippen molar-refractivity contribution in [2.24, 2.45) is 0 Å². The monoisotopic (exact) mass is 282 g/mol. The molecule has 0 atom stereocenters. The van der Waals surface area contributed by atoms with Gasteiger partial charge in [0.05, 0.1) is 6.61 Å². The molecule has 21 heavy (non-hydrogen) atoms. The summed E-state index contributed by atoms with van der Waals surface area (Å²) in [4.78, 5) is 11.6. The van der Waals surface area contributed by atoms with Gasteiger partial charge in [-0.3, -0.25) is 4.79 Å². The summed E-state index contributed by atoms with van der Waals surface area (Å²) >= 11 is 0. The van der Waals surface area contributed by atoms with E-state index in [-0.39, 0.29) is 5.97 Å². The van der Waals surface area contributed by atoms with Crippen LogP contribution in [0.3, 0.4) is 0 Å². The van der Waals surface area contributed by atoms with E-state index in [4.69, 9.17) is 4.74 Å². The summed E-state index contributed by atoms with van der Waals surface area (Å²) in [6.45, 7) is 2.63. The number of benzene rings is 2. The van der Waals surface area contributed by atoms with Crippen LogP contribution in [0.1, 0.15) is 31.7 Å². The molecule has 2 aromatic rings. The first kappa shape index (κ1) is 15.3. The predicted molar refractivity (Wildman–Crippen MR) is 86.1 cm³/mol. The van der Waals surface area contributed by atoms with Crippen LogP contribution in [0, 0.1) is 0 Å². The molecular weight excluding hydrogens is 260 g/mol. The first-order valence-corrected chi connectivity index (χ1v) is 7.59. The van der Waals surface area contributed by atoms with Gasteiger partial charge in [-0.15, -0.1) is 0 Å². The molecular formula is C19H22O2. The Labute approximate surface area is 126 Å². The molecule has 0 aliphatic rings. The van der Waals surface area contributed by atoms with Crippen molar-refractivity contribution in [3.05, 3.63) is 60.2 Å². The summed E-state index contributed by atoms with van der Waals surface area (Å²) in [6.07, 6.45) is 3.18. The average Bonchev–Trinajstić information content (AvgIpc) is 2.54. The third kappa shape index (κ3) is 5.07. The molecule has 0 aromatic heterocycles. The Morgan fingerprint density at radius 2 is 1.62 bits per heavy atom. The van der Waals surface area contributed by atoms with Gasteiger partial charge in [0, 0.05) is 6.42 Å². The predicted octanol–water partition coefficient (Wildman–Crippen LogP) is 4.63. The molecule has 0 aliphatic carbocycles. The van der Waals surface area contributed by atoms with Crippen molar-refractivity contribution in [1.82, 2.24) is 0 Å². The van der Waals surface area contributed by atoms with Gasteiger partial charge in [0.2, 0.25) is 0 Å². The van der Waals surface area contributed by atoms with Crippen LogP contribution < -0.4 is 0 Å². The zero-order chi connectivity index (χ0) is 14.9. The lowest BCUT2D eigenvalue weighted by Crippen LogP contribution is -2.06. The highest BCUT2D eigenvalue weighted by Gasteiger charge is 2.04. The largest absolute Gasteiger partial charge is 0.466 e. The Kier molecular flexibility index (Phi) is 6.01. The van der Waals surface area contributed by atoms with E-state index < -0.39 is 0 Å². The van der Waals surface area contributed by atoms with Crippen molar-refractivity contribution in [3.63, 3.8) is 0 Å². The Morgan fingerprint density at radius 3 is 2.29 bits per heavy atom. The standard InChI is InChI=1S/C19H22O2/c1-2-3-15-21-19(20)14-11-16-9-12-18(13-10-16)17-7-5-4-6-8-17/h4-10,12-13H,2-3,11,14-15H2,1H3. The van der Waals surface area contributed by atoms with Crippen LogP contribution in [0.2, 0.25) is 0 Å². The average molecular weight is 282 g/mol. The maximum Gasteiger partial charge on any atom is 0.306 e. The maximum atomic E-state index is 11.6.